The predicted molar refractivity (Wildman–Crippen MR) is 141 cm³/mol. The van der Waals surface area contributed by atoms with Crippen LogP contribution in [0.4, 0.5) is 5.13 Å². The zero-order valence-corrected chi connectivity index (χ0v) is 22.0. The summed E-state index contributed by atoms with van der Waals surface area (Å²) in [5.41, 5.74) is 2.49. The minimum absolute atomic E-state index is 0.313. The van der Waals surface area contributed by atoms with Gasteiger partial charge in [0.05, 0.1) is 35.6 Å². The first-order valence-electron chi connectivity index (χ1n) is 12.1. The first-order chi connectivity index (χ1) is 17.0. The fraction of sp³-hybridized carbons (Fsp3) is 0.462. The Hall–Kier alpha value is -2.55. The van der Waals surface area contributed by atoms with Crippen molar-refractivity contribution in [3.05, 3.63) is 46.5 Å². The van der Waals surface area contributed by atoms with Crippen LogP contribution in [0.1, 0.15) is 49.5 Å². The molecule has 1 aromatic heterocycles. The minimum Gasteiger partial charge on any atom is -0.492 e. The van der Waals surface area contributed by atoms with Crippen molar-refractivity contribution in [3.63, 3.8) is 0 Å². The van der Waals surface area contributed by atoms with Crippen LogP contribution in [-0.4, -0.2) is 54.8 Å². The normalized spacial score (nSPS) is 14.7. The molecule has 0 aliphatic carbocycles. The third kappa shape index (κ3) is 6.37. The Labute approximate surface area is 215 Å². The van der Waals surface area contributed by atoms with Crippen molar-refractivity contribution in [2.24, 2.45) is 0 Å². The molecule has 0 amide bonds. The van der Waals surface area contributed by atoms with Crippen molar-refractivity contribution >= 4 is 44.3 Å². The number of nitrogens with zero attached hydrogens (tertiary/aromatic N) is 2. The summed E-state index contributed by atoms with van der Waals surface area (Å²) in [6, 6.07) is 9.93. The Morgan fingerprint density at radius 1 is 1.09 bits per heavy atom. The van der Waals surface area contributed by atoms with E-state index in [1.165, 1.54) is 0 Å². The van der Waals surface area contributed by atoms with E-state index in [9.17, 15) is 4.79 Å². The van der Waals surface area contributed by atoms with Crippen molar-refractivity contribution in [3.8, 4) is 11.5 Å². The monoisotopic (exact) mass is 517 g/mol. The fourth-order valence-corrected chi connectivity index (χ4v) is 5.38. The highest BCUT2D eigenvalue weighted by Crippen LogP contribution is 2.36. The molecule has 0 atom stereocenters. The van der Waals surface area contributed by atoms with Crippen molar-refractivity contribution in [1.29, 1.82) is 0 Å². The number of fused-ring (bicyclic) bond motifs is 1. The molecule has 0 spiro atoms. The van der Waals surface area contributed by atoms with E-state index in [0.29, 0.717) is 47.9 Å². The molecule has 7 nitrogen and oxygen atoms in total. The lowest BCUT2D eigenvalue weighted by Gasteiger charge is -2.32. The average molecular weight is 518 g/mol. The van der Waals surface area contributed by atoms with Crippen LogP contribution in [0.3, 0.4) is 0 Å². The summed E-state index contributed by atoms with van der Waals surface area (Å²) < 4.78 is 17.6. The number of esters is 1. The van der Waals surface area contributed by atoms with Gasteiger partial charge in [0.2, 0.25) is 0 Å². The lowest BCUT2D eigenvalue weighted by atomic mass is 10.0. The molecular weight excluding hydrogens is 486 g/mol. The number of anilines is 1. The Morgan fingerprint density at radius 2 is 1.77 bits per heavy atom. The molecule has 2 aromatic carbocycles. The second-order valence-corrected chi connectivity index (χ2v) is 9.80. The van der Waals surface area contributed by atoms with Crippen LogP contribution in [0.2, 0.25) is 5.02 Å². The van der Waals surface area contributed by atoms with Gasteiger partial charge >= 0.3 is 5.97 Å². The van der Waals surface area contributed by atoms with E-state index in [4.69, 9.17) is 30.8 Å². The van der Waals surface area contributed by atoms with Gasteiger partial charge in [0.25, 0.3) is 0 Å². The third-order valence-electron chi connectivity index (χ3n) is 5.89. The molecule has 0 saturated carbocycles. The molecule has 3 aromatic rings. The molecule has 1 N–H and O–H groups in total. The van der Waals surface area contributed by atoms with Gasteiger partial charge in [0.15, 0.2) is 5.13 Å². The van der Waals surface area contributed by atoms with Crippen molar-refractivity contribution < 1.29 is 19.0 Å². The average Bonchev–Trinajstić information content (AvgIpc) is 3.25. The third-order valence-corrected chi connectivity index (χ3v) is 7.23. The van der Waals surface area contributed by atoms with Crippen LogP contribution < -0.4 is 14.8 Å². The number of likely N-dealkylation sites (tertiary alicyclic amines) is 1. The van der Waals surface area contributed by atoms with E-state index in [0.717, 1.165) is 53.4 Å². The molecule has 1 saturated heterocycles. The Bertz CT molecular complexity index is 1130. The lowest BCUT2D eigenvalue weighted by molar-refractivity contribution is 0.0526. The van der Waals surface area contributed by atoms with Crippen LogP contribution in [0.25, 0.3) is 10.2 Å². The molecule has 1 fully saturated rings. The quantitative estimate of drug-likeness (QED) is 0.330. The van der Waals surface area contributed by atoms with Crippen molar-refractivity contribution in [1.82, 2.24) is 9.88 Å². The molecule has 2 heterocycles. The van der Waals surface area contributed by atoms with Gasteiger partial charge in [-0.3, -0.25) is 4.90 Å². The number of hydrogen-bond acceptors (Lipinski definition) is 8. The molecule has 4 rings (SSSR count). The molecule has 35 heavy (non-hydrogen) atoms. The predicted octanol–water partition coefficient (Wildman–Crippen LogP) is 6.00. The summed E-state index contributed by atoms with van der Waals surface area (Å²) in [7, 11) is 0. The molecule has 0 bridgehead atoms. The number of rotatable bonds is 10. The fourth-order valence-electron chi connectivity index (χ4n) is 4.24. The van der Waals surface area contributed by atoms with Crippen LogP contribution in [0.15, 0.2) is 30.3 Å². The first kappa shape index (κ1) is 25.5. The van der Waals surface area contributed by atoms with Crippen LogP contribution in [0, 0.1) is 0 Å². The zero-order chi connectivity index (χ0) is 24.8. The number of hydrogen-bond donors (Lipinski definition) is 1. The first-order valence-corrected chi connectivity index (χ1v) is 13.3. The van der Waals surface area contributed by atoms with Crippen molar-refractivity contribution in [2.75, 3.05) is 38.2 Å². The second-order valence-electron chi connectivity index (χ2n) is 8.39. The standard InChI is InChI=1S/C26H32ClN3O4S/c1-4-32-21-13-17(14-22(24(21)27)33-5-2)16-30-11-9-19(10-12-30)28-26-29-20-15-18(25(31)34-6-3)7-8-23(20)35-26/h7-8,13-15,19H,4-6,9-12,16H2,1-3H3,(H,28,29). The summed E-state index contributed by atoms with van der Waals surface area (Å²) in [5.74, 6) is 1.04. The van der Waals surface area contributed by atoms with Crippen LogP contribution in [0.5, 0.6) is 11.5 Å². The second kappa shape index (κ2) is 11.9. The number of ether oxygens (including phenoxy) is 3. The van der Waals surface area contributed by atoms with Gasteiger partial charge in [-0.2, -0.15) is 0 Å². The molecule has 1 aliphatic heterocycles. The smallest absolute Gasteiger partial charge is 0.338 e. The van der Waals surface area contributed by atoms with Gasteiger partial charge in [-0.05, 0) is 69.5 Å². The SMILES string of the molecule is CCOC(=O)c1ccc2sc(NC3CCN(Cc4cc(OCC)c(Cl)c(OCC)c4)CC3)nc2c1. The highest BCUT2D eigenvalue weighted by atomic mass is 35.5. The summed E-state index contributed by atoms with van der Waals surface area (Å²) in [5, 5.41) is 5.02. The maximum atomic E-state index is 12.0. The zero-order valence-electron chi connectivity index (χ0n) is 20.4. The minimum atomic E-state index is -0.313. The summed E-state index contributed by atoms with van der Waals surface area (Å²) in [6.07, 6.45) is 2.04. The number of carbonyl (C=O) groups excluding carboxylic acids is 1. The summed E-state index contributed by atoms with van der Waals surface area (Å²) in [4.78, 5) is 19.2. The highest BCUT2D eigenvalue weighted by Gasteiger charge is 2.22. The van der Waals surface area contributed by atoms with E-state index in [2.05, 4.69) is 10.2 Å². The Morgan fingerprint density at radius 3 is 2.40 bits per heavy atom. The molecule has 0 unspecified atom stereocenters. The van der Waals surface area contributed by atoms with Gasteiger partial charge in [-0.25, -0.2) is 9.78 Å². The summed E-state index contributed by atoms with van der Waals surface area (Å²) in [6.45, 7) is 9.96. The molecule has 9 heteroatoms. The van der Waals surface area contributed by atoms with Gasteiger partial charge in [-0.1, -0.05) is 22.9 Å². The van der Waals surface area contributed by atoms with E-state index in [-0.39, 0.29) is 5.97 Å². The number of carbonyl (C=O) groups is 1. The Kier molecular flexibility index (Phi) is 8.70. The van der Waals surface area contributed by atoms with E-state index < -0.39 is 0 Å². The van der Waals surface area contributed by atoms with Gasteiger partial charge in [0.1, 0.15) is 16.5 Å². The maximum Gasteiger partial charge on any atom is 0.338 e. The van der Waals surface area contributed by atoms with E-state index >= 15 is 0 Å². The number of piperidine rings is 1. The lowest BCUT2D eigenvalue weighted by Crippen LogP contribution is -2.38. The number of aromatic nitrogens is 1. The van der Waals surface area contributed by atoms with Gasteiger partial charge in [-0.15, -0.1) is 0 Å². The topological polar surface area (TPSA) is 72.9 Å². The number of nitrogens with one attached hydrogen (secondary N) is 1. The molecule has 188 valence electrons. The number of halogens is 1. The molecule has 0 radical (unpaired) electrons. The summed E-state index contributed by atoms with van der Waals surface area (Å²) >= 11 is 8.06. The molecule has 1 aliphatic rings. The molecular formula is C26H32ClN3O4S. The Balaban J connectivity index is 1.35. The number of benzene rings is 2. The number of thiazole rings is 1. The largest absolute Gasteiger partial charge is 0.492 e. The van der Waals surface area contributed by atoms with Crippen molar-refractivity contribution in [2.45, 2.75) is 46.2 Å². The van der Waals surface area contributed by atoms with Gasteiger partial charge in [0, 0.05) is 25.7 Å². The highest BCUT2D eigenvalue weighted by molar-refractivity contribution is 7.22. The van der Waals surface area contributed by atoms with E-state index in [1.54, 1.807) is 30.4 Å². The maximum absolute atomic E-state index is 12.0. The van der Waals surface area contributed by atoms with Gasteiger partial charge < -0.3 is 19.5 Å². The van der Waals surface area contributed by atoms with Crippen LogP contribution >= 0.6 is 22.9 Å². The van der Waals surface area contributed by atoms with Crippen LogP contribution in [-0.2, 0) is 11.3 Å². The van der Waals surface area contributed by atoms with E-state index in [1.807, 2.05) is 32.0 Å².